The fourth-order valence-corrected chi connectivity index (χ4v) is 1.80. The predicted molar refractivity (Wildman–Crippen MR) is 54.8 cm³/mol. The predicted octanol–water partition coefficient (Wildman–Crippen LogP) is -0.382. The smallest absolute Gasteiger partial charge is 0.0971 e. The second kappa shape index (κ2) is 4.85. The van der Waals surface area contributed by atoms with Crippen molar-refractivity contribution in [2.45, 2.75) is 12.2 Å². The summed E-state index contributed by atoms with van der Waals surface area (Å²) >= 11 is 4.84. The van der Waals surface area contributed by atoms with Gasteiger partial charge in [-0.3, -0.25) is 4.90 Å². The van der Waals surface area contributed by atoms with E-state index in [1.54, 1.807) is 14.2 Å². The lowest BCUT2D eigenvalue weighted by Crippen LogP contribution is -2.31. The first-order valence-electron chi connectivity index (χ1n) is 4.23. The van der Waals surface area contributed by atoms with Gasteiger partial charge in [-0.15, -0.1) is 0 Å². The van der Waals surface area contributed by atoms with Gasteiger partial charge in [-0.2, -0.15) is 0 Å². The highest BCUT2D eigenvalue weighted by Crippen LogP contribution is 2.14. The molecule has 2 N–H and O–H groups in total. The van der Waals surface area contributed by atoms with Crippen molar-refractivity contribution in [2.75, 3.05) is 33.9 Å². The molecule has 0 aromatic carbocycles. The van der Waals surface area contributed by atoms with E-state index in [2.05, 4.69) is 4.90 Å². The standard InChI is InChI=1S/C8H16N2O2S/c1-11-6-3-10(5-8(9)13)4-7(6)12-2/h6-7H,3-5H2,1-2H3,(H2,9,13). The molecule has 0 aliphatic carbocycles. The van der Waals surface area contributed by atoms with Gasteiger partial charge in [-0.05, 0) is 0 Å². The zero-order chi connectivity index (χ0) is 9.84. The minimum atomic E-state index is 0.138. The van der Waals surface area contributed by atoms with Gasteiger partial charge in [0.25, 0.3) is 0 Å². The van der Waals surface area contributed by atoms with Crippen LogP contribution in [0.25, 0.3) is 0 Å². The largest absolute Gasteiger partial charge is 0.392 e. The SMILES string of the molecule is COC1CN(CC(N)=S)CC1OC. The Hall–Kier alpha value is -0.230. The average molecular weight is 204 g/mol. The first-order chi connectivity index (χ1) is 6.17. The number of likely N-dealkylation sites (tertiary alicyclic amines) is 1. The Balaban J connectivity index is 2.43. The second-order valence-corrected chi connectivity index (χ2v) is 3.73. The summed E-state index contributed by atoms with van der Waals surface area (Å²) in [6.07, 6.45) is 0.277. The van der Waals surface area contributed by atoms with Crippen LogP contribution in [0.1, 0.15) is 0 Å². The van der Waals surface area contributed by atoms with Crippen LogP contribution in [0.4, 0.5) is 0 Å². The number of rotatable bonds is 4. The maximum absolute atomic E-state index is 5.45. The van der Waals surface area contributed by atoms with Gasteiger partial charge in [-0.25, -0.2) is 0 Å². The molecule has 1 aliphatic rings. The zero-order valence-corrected chi connectivity index (χ0v) is 8.84. The maximum atomic E-state index is 5.45. The lowest BCUT2D eigenvalue weighted by atomic mass is 10.3. The lowest BCUT2D eigenvalue weighted by molar-refractivity contribution is -0.00461. The maximum Gasteiger partial charge on any atom is 0.0971 e. The van der Waals surface area contributed by atoms with E-state index in [9.17, 15) is 0 Å². The topological polar surface area (TPSA) is 47.7 Å². The number of nitrogens with two attached hydrogens (primary N) is 1. The highest BCUT2D eigenvalue weighted by molar-refractivity contribution is 7.80. The molecule has 0 saturated carbocycles. The van der Waals surface area contributed by atoms with Crippen molar-refractivity contribution in [1.82, 2.24) is 4.90 Å². The van der Waals surface area contributed by atoms with Gasteiger partial charge in [-0.1, -0.05) is 12.2 Å². The van der Waals surface area contributed by atoms with E-state index in [1.807, 2.05) is 0 Å². The van der Waals surface area contributed by atoms with Crippen LogP contribution in [0.15, 0.2) is 0 Å². The molecule has 1 rings (SSSR count). The second-order valence-electron chi connectivity index (χ2n) is 3.21. The molecule has 5 heteroatoms. The molecule has 1 heterocycles. The molecule has 0 aromatic heterocycles. The van der Waals surface area contributed by atoms with Crippen LogP contribution in [0.5, 0.6) is 0 Å². The van der Waals surface area contributed by atoms with Crippen LogP contribution >= 0.6 is 12.2 Å². The highest BCUT2D eigenvalue weighted by Gasteiger charge is 2.32. The minimum Gasteiger partial charge on any atom is -0.392 e. The Morgan fingerprint density at radius 2 is 1.85 bits per heavy atom. The molecule has 76 valence electrons. The van der Waals surface area contributed by atoms with Crippen LogP contribution in [0, 0.1) is 0 Å². The van der Waals surface area contributed by atoms with E-state index in [0.717, 1.165) is 13.1 Å². The molecule has 0 radical (unpaired) electrons. The van der Waals surface area contributed by atoms with Crippen LogP contribution in [0.2, 0.25) is 0 Å². The Morgan fingerprint density at radius 1 is 1.38 bits per heavy atom. The quantitative estimate of drug-likeness (QED) is 0.632. The molecule has 13 heavy (non-hydrogen) atoms. The molecule has 2 unspecified atom stereocenters. The number of nitrogens with zero attached hydrogens (tertiary/aromatic N) is 1. The summed E-state index contributed by atoms with van der Waals surface area (Å²) in [7, 11) is 3.39. The first kappa shape index (κ1) is 10.8. The Labute approximate surface area is 84.0 Å². The van der Waals surface area contributed by atoms with Crippen LogP contribution in [0.3, 0.4) is 0 Å². The number of hydrogen-bond acceptors (Lipinski definition) is 4. The summed E-state index contributed by atoms with van der Waals surface area (Å²) in [5.74, 6) is 0. The summed E-state index contributed by atoms with van der Waals surface area (Å²) in [5.41, 5.74) is 5.45. The van der Waals surface area contributed by atoms with E-state index >= 15 is 0 Å². The number of methoxy groups -OCH3 is 2. The summed E-state index contributed by atoms with van der Waals surface area (Å²) in [6, 6.07) is 0. The van der Waals surface area contributed by atoms with Crippen LogP contribution < -0.4 is 5.73 Å². The summed E-state index contributed by atoms with van der Waals surface area (Å²) in [5, 5.41) is 0. The van der Waals surface area contributed by atoms with Crippen LogP contribution in [-0.4, -0.2) is 56.0 Å². The van der Waals surface area contributed by atoms with Gasteiger partial charge in [0.15, 0.2) is 0 Å². The van der Waals surface area contributed by atoms with Crippen molar-refractivity contribution in [2.24, 2.45) is 5.73 Å². The Kier molecular flexibility index (Phi) is 4.05. The van der Waals surface area contributed by atoms with Gasteiger partial charge in [0.1, 0.15) is 0 Å². The van der Waals surface area contributed by atoms with Gasteiger partial charge >= 0.3 is 0 Å². The van der Waals surface area contributed by atoms with Crippen molar-refractivity contribution in [3.63, 3.8) is 0 Å². The van der Waals surface area contributed by atoms with E-state index < -0.39 is 0 Å². The van der Waals surface area contributed by atoms with E-state index in [-0.39, 0.29) is 12.2 Å². The van der Waals surface area contributed by atoms with Crippen LogP contribution in [-0.2, 0) is 9.47 Å². The zero-order valence-electron chi connectivity index (χ0n) is 8.03. The Bertz CT molecular complexity index is 177. The third kappa shape index (κ3) is 2.87. The van der Waals surface area contributed by atoms with Crippen molar-refractivity contribution >= 4 is 17.2 Å². The average Bonchev–Trinajstić information content (AvgIpc) is 2.45. The number of hydrogen-bond donors (Lipinski definition) is 1. The minimum absolute atomic E-state index is 0.138. The molecular weight excluding hydrogens is 188 g/mol. The molecule has 0 bridgehead atoms. The van der Waals surface area contributed by atoms with Gasteiger partial charge in [0.05, 0.1) is 17.2 Å². The molecule has 4 nitrogen and oxygen atoms in total. The van der Waals surface area contributed by atoms with Crippen molar-refractivity contribution in [1.29, 1.82) is 0 Å². The molecule has 1 fully saturated rings. The summed E-state index contributed by atoms with van der Waals surface area (Å²) in [4.78, 5) is 2.66. The molecule has 1 aliphatic heterocycles. The third-order valence-corrected chi connectivity index (χ3v) is 2.41. The third-order valence-electron chi connectivity index (χ3n) is 2.28. The van der Waals surface area contributed by atoms with Gasteiger partial charge in [0, 0.05) is 33.9 Å². The van der Waals surface area contributed by atoms with Crippen molar-refractivity contribution < 1.29 is 9.47 Å². The van der Waals surface area contributed by atoms with Crippen molar-refractivity contribution in [3.8, 4) is 0 Å². The molecule has 0 amide bonds. The van der Waals surface area contributed by atoms with Crippen molar-refractivity contribution in [3.05, 3.63) is 0 Å². The molecular formula is C8H16N2O2S. The fraction of sp³-hybridized carbons (Fsp3) is 0.875. The lowest BCUT2D eigenvalue weighted by Gasteiger charge is -2.13. The number of ether oxygens (including phenoxy) is 2. The van der Waals surface area contributed by atoms with E-state index in [4.69, 9.17) is 27.4 Å². The highest BCUT2D eigenvalue weighted by atomic mass is 32.1. The monoisotopic (exact) mass is 204 g/mol. The van der Waals surface area contributed by atoms with E-state index in [1.165, 1.54) is 0 Å². The fourth-order valence-electron chi connectivity index (χ4n) is 1.62. The molecule has 0 aromatic rings. The molecule has 0 spiro atoms. The molecule has 2 atom stereocenters. The normalized spacial score (nSPS) is 29.4. The number of thiocarbonyl (C=S) groups is 1. The summed E-state index contributed by atoms with van der Waals surface area (Å²) in [6.45, 7) is 2.33. The summed E-state index contributed by atoms with van der Waals surface area (Å²) < 4.78 is 10.6. The van der Waals surface area contributed by atoms with Gasteiger partial charge in [0.2, 0.25) is 0 Å². The molecule has 1 saturated heterocycles. The first-order valence-corrected chi connectivity index (χ1v) is 4.64. The Morgan fingerprint density at radius 3 is 2.15 bits per heavy atom. The van der Waals surface area contributed by atoms with E-state index in [0.29, 0.717) is 11.5 Å². The van der Waals surface area contributed by atoms with Gasteiger partial charge < -0.3 is 15.2 Å².